The first-order valence-corrected chi connectivity index (χ1v) is 8.08. The number of hydrogen-bond acceptors (Lipinski definition) is 5. The monoisotopic (exact) mass is 346 g/mol. The van der Waals surface area contributed by atoms with E-state index in [0.717, 1.165) is 4.90 Å². The summed E-state index contributed by atoms with van der Waals surface area (Å²) in [6, 6.07) is 19.1. The Labute approximate surface area is 148 Å². The minimum atomic E-state index is -0.401. The Kier molecular flexibility index (Phi) is 4.65. The largest absolute Gasteiger partial charge is 0.383 e. The van der Waals surface area contributed by atoms with Crippen LogP contribution in [0.15, 0.2) is 64.5 Å². The third-order valence-corrected chi connectivity index (χ3v) is 4.50. The van der Waals surface area contributed by atoms with Crippen LogP contribution >= 0.6 is 11.8 Å². The average molecular weight is 346 g/mol. The van der Waals surface area contributed by atoms with Gasteiger partial charge in [-0.2, -0.15) is 10.5 Å². The number of nitriles is 2. The molecule has 3 aromatic rings. The normalized spacial score (nSPS) is 10.0. The summed E-state index contributed by atoms with van der Waals surface area (Å²) in [5.41, 5.74) is 7.21. The molecule has 0 radical (unpaired) electrons. The molecule has 120 valence electrons. The molecule has 0 saturated heterocycles. The van der Waals surface area contributed by atoms with Crippen molar-refractivity contribution in [3.8, 4) is 23.3 Å². The minimum absolute atomic E-state index is 0.0410. The summed E-state index contributed by atoms with van der Waals surface area (Å²) in [7, 11) is 0. The van der Waals surface area contributed by atoms with Crippen LogP contribution in [0.2, 0.25) is 0 Å². The molecule has 2 N–H and O–H groups in total. The number of pyridine rings is 1. The van der Waals surface area contributed by atoms with Gasteiger partial charge >= 0.3 is 0 Å². The predicted octanol–water partition coefficient (Wildman–Crippen LogP) is 4.36. The molecule has 0 bridgehead atoms. The van der Waals surface area contributed by atoms with Gasteiger partial charge in [0.25, 0.3) is 0 Å². The number of nitrogen functional groups attached to an aromatic ring is 1. The zero-order valence-corrected chi connectivity index (χ0v) is 13.7. The zero-order chi connectivity index (χ0) is 17.8. The highest BCUT2D eigenvalue weighted by molar-refractivity contribution is 7.99. The van der Waals surface area contributed by atoms with E-state index in [9.17, 15) is 14.9 Å². The smallest absolute Gasteiger partial charge is 0.143 e. The molecular formula is C19H11FN4S. The van der Waals surface area contributed by atoms with Gasteiger partial charge in [-0.15, -0.1) is 0 Å². The summed E-state index contributed by atoms with van der Waals surface area (Å²) in [5, 5.41) is 19.5. The summed E-state index contributed by atoms with van der Waals surface area (Å²) in [5.74, 6) is -0.360. The lowest BCUT2D eigenvalue weighted by Crippen LogP contribution is -2.03. The number of hydrogen-bond donors (Lipinski definition) is 1. The number of nitrogens with two attached hydrogens (primary N) is 1. The van der Waals surface area contributed by atoms with Crippen LogP contribution in [0.1, 0.15) is 11.1 Å². The molecule has 0 aliphatic rings. The van der Waals surface area contributed by atoms with Crippen molar-refractivity contribution in [3.05, 3.63) is 71.5 Å². The minimum Gasteiger partial charge on any atom is -0.383 e. The van der Waals surface area contributed by atoms with Crippen molar-refractivity contribution < 1.29 is 4.39 Å². The molecule has 6 heteroatoms. The highest BCUT2D eigenvalue weighted by atomic mass is 32.2. The van der Waals surface area contributed by atoms with Gasteiger partial charge < -0.3 is 5.73 Å². The van der Waals surface area contributed by atoms with Crippen LogP contribution in [-0.2, 0) is 0 Å². The number of benzene rings is 2. The Morgan fingerprint density at radius 1 is 0.920 bits per heavy atom. The molecule has 0 fully saturated rings. The summed E-state index contributed by atoms with van der Waals surface area (Å²) in [6.07, 6.45) is 0. The van der Waals surface area contributed by atoms with E-state index in [1.807, 2.05) is 36.4 Å². The standard InChI is InChI=1S/C19H11FN4S/c20-13-8-6-12(7-9-13)17-15(10-21)18(23)24-19(16(17)11-22)25-14-4-2-1-3-5-14/h1-9H,(H2,23,24). The van der Waals surface area contributed by atoms with Crippen LogP contribution in [0.4, 0.5) is 10.2 Å². The predicted molar refractivity (Wildman–Crippen MR) is 94.0 cm³/mol. The van der Waals surface area contributed by atoms with E-state index in [0.29, 0.717) is 16.2 Å². The molecule has 0 spiro atoms. The number of nitrogens with zero attached hydrogens (tertiary/aromatic N) is 3. The molecule has 0 unspecified atom stereocenters. The van der Waals surface area contributed by atoms with Gasteiger partial charge in [0.05, 0.1) is 5.56 Å². The number of rotatable bonds is 3. The third-order valence-electron chi connectivity index (χ3n) is 3.51. The molecule has 0 aliphatic heterocycles. The molecule has 25 heavy (non-hydrogen) atoms. The van der Waals surface area contributed by atoms with Gasteiger partial charge in [-0.05, 0) is 29.8 Å². The highest BCUT2D eigenvalue weighted by Crippen LogP contribution is 2.38. The van der Waals surface area contributed by atoms with E-state index in [2.05, 4.69) is 11.1 Å². The van der Waals surface area contributed by atoms with Crippen molar-refractivity contribution >= 4 is 17.6 Å². The molecule has 0 saturated carbocycles. The Bertz CT molecular complexity index is 1000. The van der Waals surface area contributed by atoms with E-state index < -0.39 is 5.82 Å². The molecule has 4 nitrogen and oxygen atoms in total. The van der Waals surface area contributed by atoms with Gasteiger partial charge in [-0.1, -0.05) is 42.1 Å². The van der Waals surface area contributed by atoms with E-state index in [1.54, 1.807) is 0 Å². The number of anilines is 1. The van der Waals surface area contributed by atoms with Crippen molar-refractivity contribution in [2.75, 3.05) is 5.73 Å². The molecule has 1 heterocycles. The fourth-order valence-electron chi connectivity index (χ4n) is 2.38. The fourth-order valence-corrected chi connectivity index (χ4v) is 3.29. The van der Waals surface area contributed by atoms with Crippen LogP contribution < -0.4 is 5.73 Å². The van der Waals surface area contributed by atoms with Gasteiger partial charge in [0, 0.05) is 10.5 Å². The maximum Gasteiger partial charge on any atom is 0.143 e. The van der Waals surface area contributed by atoms with Crippen LogP contribution in [-0.4, -0.2) is 4.98 Å². The molecule has 0 aliphatic carbocycles. The molecular weight excluding hydrogens is 335 g/mol. The van der Waals surface area contributed by atoms with Crippen LogP contribution in [0, 0.1) is 28.5 Å². The molecule has 3 rings (SSSR count). The van der Waals surface area contributed by atoms with Gasteiger partial charge in [0.2, 0.25) is 0 Å². The zero-order valence-electron chi connectivity index (χ0n) is 12.9. The quantitative estimate of drug-likeness (QED) is 0.761. The number of aromatic nitrogens is 1. The van der Waals surface area contributed by atoms with Crippen LogP contribution in [0.5, 0.6) is 0 Å². The summed E-state index contributed by atoms with van der Waals surface area (Å²) >= 11 is 1.29. The van der Waals surface area contributed by atoms with E-state index in [4.69, 9.17) is 5.73 Å². The summed E-state index contributed by atoms with van der Waals surface area (Å²) in [4.78, 5) is 5.12. The maximum absolute atomic E-state index is 13.2. The van der Waals surface area contributed by atoms with Crippen LogP contribution in [0.3, 0.4) is 0 Å². The Morgan fingerprint density at radius 2 is 1.56 bits per heavy atom. The summed E-state index contributed by atoms with van der Waals surface area (Å²) < 4.78 is 13.2. The van der Waals surface area contributed by atoms with Crippen molar-refractivity contribution in [2.45, 2.75) is 9.92 Å². The van der Waals surface area contributed by atoms with Crippen molar-refractivity contribution in [1.82, 2.24) is 4.98 Å². The van der Waals surface area contributed by atoms with Crippen LogP contribution in [0.25, 0.3) is 11.1 Å². The Balaban J connectivity index is 2.24. The van der Waals surface area contributed by atoms with E-state index in [1.165, 1.54) is 36.0 Å². The van der Waals surface area contributed by atoms with Gasteiger partial charge in [0.1, 0.15) is 34.4 Å². The second-order valence-corrected chi connectivity index (χ2v) is 6.14. The third kappa shape index (κ3) is 3.30. The average Bonchev–Trinajstić information content (AvgIpc) is 2.63. The van der Waals surface area contributed by atoms with Gasteiger partial charge in [0.15, 0.2) is 0 Å². The first kappa shape index (κ1) is 16.5. The van der Waals surface area contributed by atoms with Crippen molar-refractivity contribution in [1.29, 1.82) is 10.5 Å². The topological polar surface area (TPSA) is 86.5 Å². The van der Waals surface area contributed by atoms with E-state index >= 15 is 0 Å². The fraction of sp³-hybridized carbons (Fsp3) is 0. The van der Waals surface area contributed by atoms with Gasteiger partial charge in [-0.3, -0.25) is 0 Å². The van der Waals surface area contributed by atoms with Crippen molar-refractivity contribution in [3.63, 3.8) is 0 Å². The molecule has 2 aromatic carbocycles. The van der Waals surface area contributed by atoms with E-state index in [-0.39, 0.29) is 16.9 Å². The number of halogens is 1. The lowest BCUT2D eigenvalue weighted by molar-refractivity contribution is 0.628. The molecule has 0 atom stereocenters. The molecule has 0 amide bonds. The second kappa shape index (κ2) is 7.04. The first-order valence-electron chi connectivity index (χ1n) is 7.26. The van der Waals surface area contributed by atoms with Crippen molar-refractivity contribution in [2.24, 2.45) is 0 Å². The maximum atomic E-state index is 13.2. The summed E-state index contributed by atoms with van der Waals surface area (Å²) in [6.45, 7) is 0. The lowest BCUT2D eigenvalue weighted by Gasteiger charge is -2.13. The Morgan fingerprint density at radius 3 is 2.16 bits per heavy atom. The van der Waals surface area contributed by atoms with Gasteiger partial charge in [-0.25, -0.2) is 9.37 Å². The molecule has 1 aromatic heterocycles. The Hall–Kier alpha value is -3.35. The lowest BCUT2D eigenvalue weighted by atomic mass is 9.97. The SMILES string of the molecule is N#Cc1c(N)nc(Sc2ccccc2)c(C#N)c1-c1ccc(F)cc1. The first-order chi connectivity index (χ1) is 12.1. The highest BCUT2D eigenvalue weighted by Gasteiger charge is 2.20. The second-order valence-electron chi connectivity index (χ2n) is 5.07.